The lowest BCUT2D eigenvalue weighted by Crippen LogP contribution is -2.41. The van der Waals surface area contributed by atoms with Crippen LogP contribution in [0.5, 0.6) is 0 Å². The summed E-state index contributed by atoms with van der Waals surface area (Å²) in [7, 11) is 1.79. The van der Waals surface area contributed by atoms with Gasteiger partial charge >= 0.3 is 6.18 Å². The minimum Gasteiger partial charge on any atom is -0.354 e. The van der Waals surface area contributed by atoms with Gasteiger partial charge in [0.1, 0.15) is 0 Å². The van der Waals surface area contributed by atoms with E-state index >= 15 is 0 Å². The molecule has 1 aromatic heterocycles. The van der Waals surface area contributed by atoms with Crippen molar-refractivity contribution < 1.29 is 13.2 Å². The van der Waals surface area contributed by atoms with E-state index in [2.05, 4.69) is 10.2 Å². The molecule has 106 valence electrons. The van der Waals surface area contributed by atoms with Crippen molar-refractivity contribution in [3.63, 3.8) is 0 Å². The molecule has 19 heavy (non-hydrogen) atoms. The van der Waals surface area contributed by atoms with Crippen LogP contribution in [0.3, 0.4) is 0 Å². The molecule has 2 unspecified atom stereocenters. The van der Waals surface area contributed by atoms with Gasteiger partial charge in [0, 0.05) is 13.1 Å². The number of halogens is 4. The second-order valence-corrected chi connectivity index (χ2v) is 5.31. The number of nitrogens with zero attached hydrogens (tertiary/aromatic N) is 3. The summed E-state index contributed by atoms with van der Waals surface area (Å²) in [6.07, 6.45) is -0.439. The first kappa shape index (κ1) is 14.4. The fourth-order valence-electron chi connectivity index (χ4n) is 2.34. The molecule has 1 heterocycles. The Morgan fingerprint density at radius 2 is 1.89 bits per heavy atom. The molecule has 3 nitrogen and oxygen atoms in total. The molecule has 1 fully saturated rings. The largest absolute Gasteiger partial charge is 0.435 e. The number of anilines is 1. The van der Waals surface area contributed by atoms with Crippen LogP contribution in [-0.4, -0.2) is 28.7 Å². The maximum Gasteiger partial charge on any atom is 0.435 e. The lowest BCUT2D eigenvalue weighted by Gasteiger charge is -2.35. The molecule has 0 bridgehead atoms. The molecule has 7 heteroatoms. The highest BCUT2D eigenvalue weighted by molar-refractivity contribution is 6.21. The summed E-state index contributed by atoms with van der Waals surface area (Å²) in [5.41, 5.74) is -0.976. The van der Waals surface area contributed by atoms with E-state index in [1.54, 1.807) is 7.05 Å². The summed E-state index contributed by atoms with van der Waals surface area (Å²) in [5.74, 6) is 0.422. The standard InChI is InChI=1S/C12H15ClF3N3/c1-19(9-5-3-2-4-8(9)13)11-7-6-10(17-18-11)12(14,15)16/h6-9H,2-5H2,1H3. The maximum atomic E-state index is 12.4. The van der Waals surface area contributed by atoms with Crippen molar-refractivity contribution in [2.75, 3.05) is 11.9 Å². The molecule has 2 rings (SSSR count). The van der Waals surface area contributed by atoms with Crippen molar-refractivity contribution in [3.05, 3.63) is 17.8 Å². The van der Waals surface area contributed by atoms with Gasteiger partial charge in [-0.05, 0) is 25.0 Å². The third-order valence-corrected chi connectivity index (χ3v) is 3.96. The van der Waals surface area contributed by atoms with Gasteiger partial charge in [0.05, 0.1) is 5.38 Å². The molecule has 2 atom stereocenters. The second kappa shape index (κ2) is 5.53. The summed E-state index contributed by atoms with van der Waals surface area (Å²) < 4.78 is 37.2. The predicted molar refractivity (Wildman–Crippen MR) is 67.3 cm³/mol. The molecule has 0 aromatic carbocycles. The monoisotopic (exact) mass is 293 g/mol. The summed E-state index contributed by atoms with van der Waals surface area (Å²) in [4.78, 5) is 1.82. The smallest absolute Gasteiger partial charge is 0.354 e. The average molecular weight is 294 g/mol. The van der Waals surface area contributed by atoms with Gasteiger partial charge < -0.3 is 4.90 Å². The molecule has 0 amide bonds. The lowest BCUT2D eigenvalue weighted by atomic mass is 9.94. The first-order chi connectivity index (χ1) is 8.89. The Bertz CT molecular complexity index is 421. The van der Waals surface area contributed by atoms with Crippen molar-refractivity contribution in [3.8, 4) is 0 Å². The Balaban J connectivity index is 2.13. The van der Waals surface area contributed by atoms with E-state index in [-0.39, 0.29) is 11.4 Å². The first-order valence-electron chi connectivity index (χ1n) is 6.17. The normalized spacial score (nSPS) is 24.3. The van der Waals surface area contributed by atoms with Gasteiger partial charge in [0.2, 0.25) is 0 Å². The molecule has 0 radical (unpaired) electrons. The van der Waals surface area contributed by atoms with E-state index in [1.807, 2.05) is 4.90 Å². The van der Waals surface area contributed by atoms with Gasteiger partial charge in [-0.1, -0.05) is 12.8 Å². The Hall–Kier alpha value is -1.04. The van der Waals surface area contributed by atoms with Crippen LogP contribution in [0.1, 0.15) is 31.4 Å². The van der Waals surface area contributed by atoms with Crippen LogP contribution in [0.2, 0.25) is 0 Å². The zero-order chi connectivity index (χ0) is 14.0. The van der Waals surface area contributed by atoms with Crippen LogP contribution < -0.4 is 4.90 Å². The number of hydrogen-bond donors (Lipinski definition) is 0. The van der Waals surface area contributed by atoms with Crippen LogP contribution in [0.4, 0.5) is 19.0 Å². The van der Waals surface area contributed by atoms with Crippen molar-refractivity contribution >= 4 is 17.4 Å². The van der Waals surface area contributed by atoms with Gasteiger partial charge in [-0.3, -0.25) is 0 Å². The minimum absolute atomic E-state index is 0.00263. The molecule has 1 saturated carbocycles. The highest BCUT2D eigenvalue weighted by atomic mass is 35.5. The average Bonchev–Trinajstić information content (AvgIpc) is 2.38. The SMILES string of the molecule is CN(c1ccc(C(F)(F)F)nn1)C1CCCCC1Cl. The highest BCUT2D eigenvalue weighted by Crippen LogP contribution is 2.30. The van der Waals surface area contributed by atoms with Crippen LogP contribution in [-0.2, 0) is 6.18 Å². The summed E-state index contributed by atoms with van der Waals surface area (Å²) >= 11 is 6.26. The van der Waals surface area contributed by atoms with Crippen molar-refractivity contribution in [1.82, 2.24) is 10.2 Å². The van der Waals surface area contributed by atoms with Gasteiger partial charge in [-0.25, -0.2) is 0 Å². The van der Waals surface area contributed by atoms with Gasteiger partial charge in [-0.2, -0.15) is 13.2 Å². The quantitative estimate of drug-likeness (QED) is 0.782. The molecule has 0 spiro atoms. The van der Waals surface area contributed by atoms with E-state index in [1.165, 1.54) is 6.07 Å². The first-order valence-corrected chi connectivity index (χ1v) is 6.61. The van der Waals surface area contributed by atoms with Gasteiger partial charge in [-0.15, -0.1) is 21.8 Å². The molecule has 0 saturated heterocycles. The third-order valence-electron chi connectivity index (χ3n) is 3.45. The van der Waals surface area contributed by atoms with E-state index in [4.69, 9.17) is 11.6 Å². The van der Waals surface area contributed by atoms with Crippen LogP contribution in [0.15, 0.2) is 12.1 Å². The zero-order valence-electron chi connectivity index (χ0n) is 10.5. The summed E-state index contributed by atoms with van der Waals surface area (Å²) in [6, 6.07) is 2.39. The Labute approximate surface area is 114 Å². The van der Waals surface area contributed by atoms with E-state index in [0.717, 1.165) is 31.7 Å². The second-order valence-electron chi connectivity index (χ2n) is 4.75. The van der Waals surface area contributed by atoms with Gasteiger partial charge in [0.15, 0.2) is 11.5 Å². The number of alkyl halides is 4. The van der Waals surface area contributed by atoms with Crippen LogP contribution in [0.25, 0.3) is 0 Å². The number of rotatable bonds is 2. The number of hydrogen-bond acceptors (Lipinski definition) is 3. The Kier molecular flexibility index (Phi) is 4.18. The van der Waals surface area contributed by atoms with Crippen LogP contribution in [0, 0.1) is 0 Å². The Morgan fingerprint density at radius 3 is 2.42 bits per heavy atom. The third kappa shape index (κ3) is 3.29. The Morgan fingerprint density at radius 1 is 1.21 bits per heavy atom. The lowest BCUT2D eigenvalue weighted by molar-refractivity contribution is -0.141. The predicted octanol–water partition coefficient (Wildman–Crippen LogP) is 3.48. The fourth-order valence-corrected chi connectivity index (χ4v) is 2.79. The summed E-state index contributed by atoms with van der Waals surface area (Å²) in [5, 5.41) is 6.89. The van der Waals surface area contributed by atoms with Crippen LogP contribution >= 0.6 is 11.6 Å². The number of aromatic nitrogens is 2. The highest BCUT2D eigenvalue weighted by Gasteiger charge is 2.33. The van der Waals surface area contributed by atoms with Crippen molar-refractivity contribution in [1.29, 1.82) is 0 Å². The zero-order valence-corrected chi connectivity index (χ0v) is 11.2. The van der Waals surface area contributed by atoms with Crippen molar-refractivity contribution in [2.45, 2.75) is 43.3 Å². The molecular weight excluding hydrogens is 279 g/mol. The minimum atomic E-state index is -4.45. The maximum absolute atomic E-state index is 12.4. The topological polar surface area (TPSA) is 29.0 Å². The molecule has 1 aliphatic rings. The van der Waals surface area contributed by atoms with E-state index in [9.17, 15) is 13.2 Å². The molecule has 0 N–H and O–H groups in total. The molecule has 1 aromatic rings. The fraction of sp³-hybridized carbons (Fsp3) is 0.667. The van der Waals surface area contributed by atoms with Gasteiger partial charge in [0.25, 0.3) is 0 Å². The molecule has 1 aliphatic carbocycles. The molecule has 0 aliphatic heterocycles. The van der Waals surface area contributed by atoms with E-state index < -0.39 is 11.9 Å². The van der Waals surface area contributed by atoms with E-state index in [0.29, 0.717) is 5.82 Å². The molecular formula is C12H15ClF3N3. The van der Waals surface area contributed by atoms with Crippen molar-refractivity contribution in [2.24, 2.45) is 0 Å². The summed E-state index contributed by atoms with van der Waals surface area (Å²) in [6.45, 7) is 0.